The second-order valence-electron chi connectivity index (χ2n) is 9.63. The van der Waals surface area contributed by atoms with Gasteiger partial charge >= 0.3 is 0 Å². The molecular weight excluding hydrogens is 508 g/mol. The van der Waals surface area contributed by atoms with Crippen molar-refractivity contribution in [2.45, 2.75) is 50.5 Å². The molecule has 1 aromatic heterocycles. The summed E-state index contributed by atoms with van der Waals surface area (Å²) in [7, 11) is 0.402. The van der Waals surface area contributed by atoms with E-state index < -0.39 is 10.0 Å². The first kappa shape index (κ1) is 27.5. The number of rotatable bonds is 10. The number of para-hydroxylation sites is 1. The highest BCUT2D eigenvalue weighted by Gasteiger charge is 2.31. The predicted molar refractivity (Wildman–Crippen MR) is 149 cm³/mol. The maximum atomic E-state index is 13.7. The lowest BCUT2D eigenvalue weighted by Gasteiger charge is -2.32. The van der Waals surface area contributed by atoms with Crippen LogP contribution < -0.4 is 9.64 Å². The van der Waals surface area contributed by atoms with Crippen LogP contribution in [0.15, 0.2) is 47.4 Å². The number of benzene rings is 2. The minimum Gasteiger partial charge on any atom is -0.492 e. The molecule has 1 amide bonds. The molecule has 37 heavy (non-hydrogen) atoms. The zero-order valence-corrected chi connectivity index (χ0v) is 23.6. The number of hydrogen-bond acceptors (Lipinski definition) is 7. The fraction of sp³-hybridized carbons (Fsp3) is 0.481. The Morgan fingerprint density at radius 2 is 1.89 bits per heavy atom. The van der Waals surface area contributed by atoms with E-state index in [4.69, 9.17) is 9.72 Å². The standard InChI is InChI=1S/C27H36N4O4S2/c1-5-35-23-11-8-12-24-25(23)28-27(36-24)30(18-9-17-29(3)4)26(32)21-13-15-22(16-14-21)37(33,34)31-19-7-6-10-20(31)2/h8,11-16,20H,5-7,9-10,17-19H2,1-4H3. The minimum absolute atomic E-state index is 0.0205. The third-order valence-corrected chi connectivity index (χ3v) is 9.65. The first-order valence-electron chi connectivity index (χ1n) is 12.8. The largest absolute Gasteiger partial charge is 0.492 e. The van der Waals surface area contributed by atoms with Gasteiger partial charge in [-0.3, -0.25) is 9.69 Å². The van der Waals surface area contributed by atoms with Crippen LogP contribution in [0, 0.1) is 0 Å². The van der Waals surface area contributed by atoms with Crippen molar-refractivity contribution < 1.29 is 17.9 Å². The summed E-state index contributed by atoms with van der Waals surface area (Å²) in [5.74, 6) is 0.496. The number of thiazole rings is 1. The van der Waals surface area contributed by atoms with Gasteiger partial charge in [-0.1, -0.05) is 23.8 Å². The van der Waals surface area contributed by atoms with E-state index in [2.05, 4.69) is 4.90 Å². The lowest BCUT2D eigenvalue weighted by molar-refractivity contribution is 0.0986. The van der Waals surface area contributed by atoms with E-state index in [1.54, 1.807) is 33.5 Å². The van der Waals surface area contributed by atoms with Crippen LogP contribution in [0.25, 0.3) is 10.2 Å². The minimum atomic E-state index is -3.60. The lowest BCUT2D eigenvalue weighted by Crippen LogP contribution is -2.41. The van der Waals surface area contributed by atoms with Crippen LogP contribution in [0.4, 0.5) is 5.13 Å². The summed E-state index contributed by atoms with van der Waals surface area (Å²) in [6, 6.07) is 12.1. The van der Waals surface area contributed by atoms with Gasteiger partial charge in [-0.05, 0) is 90.1 Å². The van der Waals surface area contributed by atoms with Crippen molar-refractivity contribution >= 4 is 42.6 Å². The van der Waals surface area contributed by atoms with Crippen molar-refractivity contribution in [1.29, 1.82) is 0 Å². The van der Waals surface area contributed by atoms with Gasteiger partial charge in [0.2, 0.25) is 10.0 Å². The molecule has 0 radical (unpaired) electrons. The van der Waals surface area contributed by atoms with E-state index in [1.165, 1.54) is 11.3 Å². The summed E-state index contributed by atoms with van der Waals surface area (Å²) in [5.41, 5.74) is 1.17. The summed E-state index contributed by atoms with van der Waals surface area (Å²) < 4.78 is 34.7. The molecule has 200 valence electrons. The number of piperidine rings is 1. The Bertz CT molecular complexity index is 1320. The third kappa shape index (κ3) is 6.14. The van der Waals surface area contributed by atoms with Gasteiger partial charge in [-0.25, -0.2) is 13.4 Å². The molecule has 0 N–H and O–H groups in total. The molecule has 1 unspecified atom stereocenters. The Labute approximate surface area is 223 Å². The zero-order valence-electron chi connectivity index (χ0n) is 22.0. The molecule has 1 aliphatic heterocycles. The van der Waals surface area contributed by atoms with Gasteiger partial charge in [0.15, 0.2) is 5.13 Å². The number of amides is 1. The number of ether oxygens (including phenoxy) is 1. The average molecular weight is 545 g/mol. The smallest absolute Gasteiger partial charge is 0.260 e. The molecule has 4 rings (SSSR count). The van der Waals surface area contributed by atoms with E-state index in [0.717, 1.165) is 42.4 Å². The van der Waals surface area contributed by atoms with Crippen molar-refractivity contribution in [3.8, 4) is 5.75 Å². The summed E-state index contributed by atoms with van der Waals surface area (Å²) >= 11 is 1.45. The molecule has 0 bridgehead atoms. The van der Waals surface area contributed by atoms with Crippen LogP contribution in [0.2, 0.25) is 0 Å². The number of carbonyl (C=O) groups is 1. The number of anilines is 1. The summed E-state index contributed by atoms with van der Waals surface area (Å²) in [6.07, 6.45) is 3.55. The molecule has 1 saturated heterocycles. The number of sulfonamides is 1. The van der Waals surface area contributed by atoms with Crippen molar-refractivity contribution in [3.63, 3.8) is 0 Å². The average Bonchev–Trinajstić information content (AvgIpc) is 3.31. The first-order chi connectivity index (χ1) is 17.7. The van der Waals surface area contributed by atoms with E-state index in [0.29, 0.717) is 36.1 Å². The van der Waals surface area contributed by atoms with E-state index in [-0.39, 0.29) is 16.8 Å². The maximum Gasteiger partial charge on any atom is 0.260 e. The summed E-state index contributed by atoms with van der Waals surface area (Å²) in [6.45, 7) is 6.26. The van der Waals surface area contributed by atoms with Crippen LogP contribution in [0.1, 0.15) is 49.9 Å². The van der Waals surface area contributed by atoms with Crippen LogP contribution in [0.5, 0.6) is 5.75 Å². The zero-order chi connectivity index (χ0) is 26.6. The molecule has 0 saturated carbocycles. The van der Waals surface area contributed by atoms with E-state index in [1.807, 2.05) is 46.1 Å². The normalized spacial score (nSPS) is 16.8. The maximum absolute atomic E-state index is 13.7. The van der Waals surface area contributed by atoms with E-state index in [9.17, 15) is 13.2 Å². The monoisotopic (exact) mass is 544 g/mol. The van der Waals surface area contributed by atoms with Crippen LogP contribution in [-0.4, -0.2) is 74.9 Å². The second-order valence-corrected chi connectivity index (χ2v) is 12.5. The molecule has 10 heteroatoms. The number of aromatic nitrogens is 1. The quantitative estimate of drug-likeness (QED) is 0.363. The van der Waals surface area contributed by atoms with Gasteiger partial charge in [0.25, 0.3) is 5.91 Å². The van der Waals surface area contributed by atoms with Gasteiger partial charge < -0.3 is 9.64 Å². The number of fused-ring (bicyclic) bond motifs is 1. The Hall–Kier alpha value is -2.53. The molecule has 3 aromatic rings. The molecule has 8 nitrogen and oxygen atoms in total. The highest BCUT2D eigenvalue weighted by molar-refractivity contribution is 7.89. The van der Waals surface area contributed by atoms with Crippen molar-refractivity contribution in [1.82, 2.24) is 14.2 Å². The molecule has 0 spiro atoms. The van der Waals surface area contributed by atoms with Crippen LogP contribution >= 0.6 is 11.3 Å². The molecule has 1 atom stereocenters. The molecule has 1 aliphatic rings. The van der Waals surface area contributed by atoms with Crippen LogP contribution in [0.3, 0.4) is 0 Å². The highest BCUT2D eigenvalue weighted by atomic mass is 32.2. The molecular formula is C27H36N4O4S2. The number of nitrogens with zero attached hydrogens (tertiary/aromatic N) is 4. The summed E-state index contributed by atoms with van der Waals surface area (Å²) in [5, 5.41) is 0.602. The first-order valence-corrected chi connectivity index (χ1v) is 15.1. The molecule has 2 heterocycles. The summed E-state index contributed by atoms with van der Waals surface area (Å²) in [4.78, 5) is 22.5. The SMILES string of the molecule is CCOc1cccc2sc(N(CCCN(C)C)C(=O)c3ccc(S(=O)(=O)N4CCCCC4C)cc3)nc12. The van der Waals surface area contributed by atoms with Gasteiger partial charge in [-0.2, -0.15) is 4.31 Å². The van der Waals surface area contributed by atoms with Gasteiger partial charge in [0.1, 0.15) is 11.3 Å². The Morgan fingerprint density at radius 3 is 2.57 bits per heavy atom. The lowest BCUT2D eigenvalue weighted by atomic mass is 10.1. The third-order valence-electron chi connectivity index (χ3n) is 6.58. The molecule has 0 aliphatic carbocycles. The number of hydrogen-bond donors (Lipinski definition) is 0. The topological polar surface area (TPSA) is 83.0 Å². The Balaban J connectivity index is 1.62. The van der Waals surface area contributed by atoms with Gasteiger partial charge in [0.05, 0.1) is 16.2 Å². The Morgan fingerprint density at radius 1 is 1.14 bits per heavy atom. The van der Waals surface area contributed by atoms with Crippen molar-refractivity contribution in [3.05, 3.63) is 48.0 Å². The number of carbonyl (C=O) groups excluding carboxylic acids is 1. The van der Waals surface area contributed by atoms with Gasteiger partial charge in [0, 0.05) is 24.7 Å². The van der Waals surface area contributed by atoms with Gasteiger partial charge in [-0.15, -0.1) is 0 Å². The van der Waals surface area contributed by atoms with E-state index >= 15 is 0 Å². The fourth-order valence-electron chi connectivity index (χ4n) is 4.62. The van der Waals surface area contributed by atoms with Crippen molar-refractivity contribution in [2.24, 2.45) is 0 Å². The predicted octanol–water partition coefficient (Wildman–Crippen LogP) is 4.86. The molecule has 1 fully saturated rings. The molecule has 2 aromatic carbocycles. The fourth-order valence-corrected chi connectivity index (χ4v) is 7.32. The highest BCUT2D eigenvalue weighted by Crippen LogP contribution is 2.35. The van der Waals surface area contributed by atoms with Crippen molar-refractivity contribution in [2.75, 3.05) is 45.2 Å². The van der Waals surface area contributed by atoms with Crippen LogP contribution in [-0.2, 0) is 10.0 Å². The second kappa shape index (κ2) is 11.9. The Kier molecular flexibility index (Phi) is 8.84.